The van der Waals surface area contributed by atoms with E-state index >= 15 is 0 Å². The fourth-order valence-corrected chi connectivity index (χ4v) is 5.19. The molecule has 2 aromatic carbocycles. The second kappa shape index (κ2) is 12.3. The van der Waals surface area contributed by atoms with Crippen molar-refractivity contribution in [3.8, 4) is 0 Å². The van der Waals surface area contributed by atoms with Gasteiger partial charge >= 0.3 is 5.97 Å². The van der Waals surface area contributed by atoms with Crippen LogP contribution in [0.4, 0.5) is 0 Å². The third-order valence-electron chi connectivity index (χ3n) is 5.65. The summed E-state index contributed by atoms with van der Waals surface area (Å²) in [5.41, 5.74) is 2.15. The quantitative estimate of drug-likeness (QED) is 0.354. The van der Waals surface area contributed by atoms with Crippen LogP contribution in [0.15, 0.2) is 59.5 Å². The summed E-state index contributed by atoms with van der Waals surface area (Å²) in [4.78, 5) is 16.7. The van der Waals surface area contributed by atoms with Crippen LogP contribution in [0.5, 0.6) is 0 Å². The van der Waals surface area contributed by atoms with Crippen LogP contribution in [0.3, 0.4) is 0 Å². The molecule has 0 saturated heterocycles. The maximum atomic E-state index is 13.0. The van der Waals surface area contributed by atoms with Crippen molar-refractivity contribution in [2.24, 2.45) is 0 Å². The normalized spacial score (nSPS) is 12.5. The van der Waals surface area contributed by atoms with Gasteiger partial charge in [0.25, 0.3) is 0 Å². The average Bonchev–Trinajstić information content (AvgIpc) is 3.16. The standard InChI is InChI=1S/C25H30ClN3O5S/c1-3-4-10-23-27-24(26)22(17-30)29(23)16-19-11-13-20(14-12-19)35(32,33)28-21(25(31)34-2)15-18-8-6-5-7-9-18/h5-9,11-14,21,28,30H,3-4,10,15-17H2,1-2H3/t21-/m0/s1. The number of nitrogens with one attached hydrogen (secondary N) is 1. The number of nitrogens with zero attached hydrogens (tertiary/aromatic N) is 2. The fourth-order valence-electron chi connectivity index (χ4n) is 3.75. The first kappa shape index (κ1) is 26.9. The Kier molecular flexibility index (Phi) is 9.45. The highest BCUT2D eigenvalue weighted by molar-refractivity contribution is 7.89. The molecule has 0 aliphatic carbocycles. The van der Waals surface area contributed by atoms with Crippen LogP contribution in [0.25, 0.3) is 0 Å². The molecular weight excluding hydrogens is 490 g/mol. The Hall–Kier alpha value is -2.72. The van der Waals surface area contributed by atoms with Gasteiger partial charge in [0.2, 0.25) is 10.0 Å². The van der Waals surface area contributed by atoms with E-state index in [1.165, 1.54) is 19.2 Å². The Morgan fingerprint density at radius 3 is 2.43 bits per heavy atom. The molecule has 1 aromatic heterocycles. The molecule has 0 bridgehead atoms. The summed E-state index contributed by atoms with van der Waals surface area (Å²) in [5.74, 6) is 0.114. The smallest absolute Gasteiger partial charge is 0.324 e. The van der Waals surface area contributed by atoms with Crippen LogP contribution >= 0.6 is 11.6 Å². The van der Waals surface area contributed by atoms with E-state index in [1.807, 2.05) is 34.9 Å². The number of carbonyl (C=O) groups excluding carboxylic acids is 1. The number of imidazole rings is 1. The number of methoxy groups -OCH3 is 1. The Bertz CT molecular complexity index is 1230. The van der Waals surface area contributed by atoms with Gasteiger partial charge in [0.1, 0.15) is 11.9 Å². The predicted molar refractivity (Wildman–Crippen MR) is 134 cm³/mol. The molecular formula is C25H30ClN3O5S. The predicted octanol–water partition coefficient (Wildman–Crippen LogP) is 3.48. The Labute approximate surface area is 211 Å². The minimum atomic E-state index is -3.98. The van der Waals surface area contributed by atoms with Gasteiger partial charge in [0.05, 0.1) is 24.3 Å². The van der Waals surface area contributed by atoms with E-state index in [0.29, 0.717) is 12.2 Å². The Balaban J connectivity index is 1.79. The van der Waals surface area contributed by atoms with Crippen molar-refractivity contribution in [1.82, 2.24) is 14.3 Å². The number of hydrogen-bond donors (Lipinski definition) is 2. The van der Waals surface area contributed by atoms with E-state index in [1.54, 1.807) is 12.1 Å². The number of aryl methyl sites for hydroxylation is 1. The lowest BCUT2D eigenvalue weighted by Crippen LogP contribution is -2.42. The van der Waals surface area contributed by atoms with Crippen molar-refractivity contribution in [2.45, 2.75) is 56.7 Å². The number of aliphatic hydroxyl groups is 1. The summed E-state index contributed by atoms with van der Waals surface area (Å²) in [6.07, 6.45) is 2.82. The number of benzene rings is 2. The molecule has 8 nitrogen and oxygen atoms in total. The van der Waals surface area contributed by atoms with Gasteiger partial charge in [-0.05, 0) is 36.1 Å². The lowest BCUT2D eigenvalue weighted by molar-refractivity contribution is -0.142. The van der Waals surface area contributed by atoms with E-state index in [9.17, 15) is 18.3 Å². The second-order valence-electron chi connectivity index (χ2n) is 8.14. The fraction of sp³-hybridized carbons (Fsp3) is 0.360. The van der Waals surface area contributed by atoms with Crippen LogP contribution in [0.1, 0.15) is 42.4 Å². The number of halogens is 1. The third kappa shape index (κ3) is 6.91. The van der Waals surface area contributed by atoms with Crippen molar-refractivity contribution in [1.29, 1.82) is 0 Å². The average molecular weight is 520 g/mol. The number of hydrogen-bond acceptors (Lipinski definition) is 6. The molecule has 0 unspecified atom stereocenters. The number of aliphatic hydroxyl groups excluding tert-OH is 1. The van der Waals surface area contributed by atoms with Gasteiger partial charge in [-0.3, -0.25) is 4.79 Å². The zero-order valence-electron chi connectivity index (χ0n) is 19.8. The number of esters is 1. The minimum Gasteiger partial charge on any atom is -0.468 e. The van der Waals surface area contributed by atoms with Crippen LogP contribution in [-0.4, -0.2) is 42.2 Å². The highest BCUT2D eigenvalue weighted by atomic mass is 35.5. The highest BCUT2D eigenvalue weighted by Gasteiger charge is 2.27. The topological polar surface area (TPSA) is 111 Å². The SMILES string of the molecule is CCCCc1nc(Cl)c(CO)n1Cc1ccc(S(=O)(=O)N[C@@H](Cc2ccccc2)C(=O)OC)cc1. The van der Waals surface area contributed by atoms with Crippen LogP contribution in [0.2, 0.25) is 5.15 Å². The summed E-state index contributed by atoms with van der Waals surface area (Å²) < 4.78 is 35.2. The van der Waals surface area contributed by atoms with Gasteiger partial charge in [-0.25, -0.2) is 13.4 Å². The number of carbonyl (C=O) groups is 1. The van der Waals surface area contributed by atoms with Gasteiger partial charge in [0.15, 0.2) is 5.15 Å². The molecule has 0 aliphatic heterocycles. The number of rotatable bonds is 12. The number of ether oxygens (including phenoxy) is 1. The number of unbranched alkanes of at least 4 members (excludes halogenated alkanes) is 1. The zero-order valence-corrected chi connectivity index (χ0v) is 21.3. The highest BCUT2D eigenvalue weighted by Crippen LogP contribution is 2.22. The number of sulfonamides is 1. The molecule has 188 valence electrons. The number of aromatic nitrogens is 2. The Morgan fingerprint density at radius 2 is 1.83 bits per heavy atom. The first-order chi connectivity index (χ1) is 16.8. The maximum absolute atomic E-state index is 13.0. The molecule has 0 aliphatic rings. The molecule has 2 N–H and O–H groups in total. The molecule has 0 amide bonds. The van der Waals surface area contributed by atoms with E-state index in [2.05, 4.69) is 16.6 Å². The summed E-state index contributed by atoms with van der Waals surface area (Å²) in [5, 5.41) is 10.0. The molecule has 10 heteroatoms. The van der Waals surface area contributed by atoms with Gasteiger partial charge in [0, 0.05) is 13.0 Å². The maximum Gasteiger partial charge on any atom is 0.324 e. The van der Waals surface area contributed by atoms with E-state index < -0.39 is 22.0 Å². The summed E-state index contributed by atoms with van der Waals surface area (Å²) in [7, 11) is -2.76. The minimum absolute atomic E-state index is 0.0282. The largest absolute Gasteiger partial charge is 0.468 e. The molecule has 0 radical (unpaired) electrons. The first-order valence-corrected chi connectivity index (χ1v) is 13.2. The van der Waals surface area contributed by atoms with Crippen LogP contribution in [-0.2, 0) is 45.5 Å². The summed E-state index contributed by atoms with van der Waals surface area (Å²) in [6, 6.07) is 14.4. The van der Waals surface area contributed by atoms with Gasteiger partial charge in [-0.2, -0.15) is 4.72 Å². The van der Waals surface area contributed by atoms with Crippen LogP contribution in [0, 0.1) is 0 Å². The van der Waals surface area contributed by atoms with Crippen molar-refractivity contribution in [3.63, 3.8) is 0 Å². The van der Waals surface area contributed by atoms with Gasteiger partial charge in [-0.1, -0.05) is 67.4 Å². The van der Waals surface area contributed by atoms with E-state index in [0.717, 1.165) is 36.2 Å². The molecule has 0 fully saturated rings. The van der Waals surface area contributed by atoms with Crippen molar-refractivity contribution >= 4 is 27.6 Å². The van der Waals surface area contributed by atoms with Crippen molar-refractivity contribution in [2.75, 3.05) is 7.11 Å². The molecule has 0 saturated carbocycles. The molecule has 35 heavy (non-hydrogen) atoms. The summed E-state index contributed by atoms with van der Waals surface area (Å²) in [6.45, 7) is 2.23. The lowest BCUT2D eigenvalue weighted by atomic mass is 10.1. The first-order valence-electron chi connectivity index (χ1n) is 11.4. The molecule has 1 atom stereocenters. The van der Waals surface area contributed by atoms with Crippen LogP contribution < -0.4 is 4.72 Å². The second-order valence-corrected chi connectivity index (χ2v) is 10.2. The lowest BCUT2D eigenvalue weighted by Gasteiger charge is -2.17. The van der Waals surface area contributed by atoms with E-state index in [-0.39, 0.29) is 23.1 Å². The van der Waals surface area contributed by atoms with E-state index in [4.69, 9.17) is 16.3 Å². The van der Waals surface area contributed by atoms with Gasteiger partial charge in [-0.15, -0.1) is 0 Å². The molecule has 1 heterocycles. The summed E-state index contributed by atoms with van der Waals surface area (Å²) >= 11 is 6.21. The molecule has 3 aromatic rings. The van der Waals surface area contributed by atoms with Crippen molar-refractivity contribution < 1.29 is 23.1 Å². The molecule has 3 rings (SSSR count). The van der Waals surface area contributed by atoms with Crippen molar-refractivity contribution in [3.05, 3.63) is 82.4 Å². The Morgan fingerprint density at radius 1 is 1.14 bits per heavy atom. The zero-order chi connectivity index (χ0) is 25.4. The van der Waals surface area contributed by atoms with Gasteiger partial charge < -0.3 is 14.4 Å². The molecule has 0 spiro atoms. The third-order valence-corrected chi connectivity index (χ3v) is 7.44. The monoisotopic (exact) mass is 519 g/mol.